The molecule has 1 saturated carbocycles. The molecule has 0 bridgehead atoms. The van der Waals surface area contributed by atoms with Crippen LogP contribution in [0.2, 0.25) is 0 Å². The predicted octanol–water partition coefficient (Wildman–Crippen LogP) is 1.77. The van der Waals surface area contributed by atoms with Crippen molar-refractivity contribution in [2.45, 2.75) is 26.2 Å². The van der Waals surface area contributed by atoms with Crippen molar-refractivity contribution in [2.24, 2.45) is 5.41 Å². The van der Waals surface area contributed by atoms with Gasteiger partial charge in [0, 0.05) is 24.1 Å². The highest BCUT2D eigenvalue weighted by Crippen LogP contribution is 2.48. The van der Waals surface area contributed by atoms with Gasteiger partial charge in [-0.2, -0.15) is 0 Å². The Morgan fingerprint density at radius 1 is 1.67 bits per heavy atom. The summed E-state index contributed by atoms with van der Waals surface area (Å²) in [6.45, 7) is 2.34. The number of aromatic nitrogens is 1. The molecular formula is C9H13NOS. The minimum absolute atomic E-state index is 0.213. The number of aliphatic hydroxyl groups excluding tert-OH is 1. The molecular weight excluding hydrogens is 170 g/mol. The summed E-state index contributed by atoms with van der Waals surface area (Å²) in [6, 6.07) is 0. The van der Waals surface area contributed by atoms with Crippen LogP contribution in [-0.2, 0) is 6.42 Å². The number of rotatable bonds is 3. The average Bonchev–Trinajstić information content (AvgIpc) is 2.71. The molecule has 12 heavy (non-hydrogen) atoms. The summed E-state index contributed by atoms with van der Waals surface area (Å²) in [5, 5.41) is 12.4. The van der Waals surface area contributed by atoms with Crippen LogP contribution >= 0.6 is 11.3 Å². The van der Waals surface area contributed by atoms with Gasteiger partial charge >= 0.3 is 0 Å². The quantitative estimate of drug-likeness (QED) is 0.774. The fraction of sp³-hybridized carbons (Fsp3) is 0.667. The van der Waals surface area contributed by atoms with E-state index in [1.165, 1.54) is 17.8 Å². The third-order valence-corrected chi connectivity index (χ3v) is 3.45. The van der Waals surface area contributed by atoms with Crippen LogP contribution in [-0.4, -0.2) is 16.7 Å². The Balaban J connectivity index is 2.04. The molecule has 1 heterocycles. The molecule has 0 aromatic carbocycles. The van der Waals surface area contributed by atoms with E-state index in [1.807, 2.05) is 6.92 Å². The molecule has 1 aliphatic carbocycles. The van der Waals surface area contributed by atoms with Gasteiger partial charge in [0.05, 0.1) is 5.01 Å². The van der Waals surface area contributed by atoms with E-state index < -0.39 is 0 Å². The Hall–Kier alpha value is -0.410. The van der Waals surface area contributed by atoms with Gasteiger partial charge in [0.15, 0.2) is 0 Å². The Labute approximate surface area is 76.3 Å². The van der Waals surface area contributed by atoms with Gasteiger partial charge in [0.25, 0.3) is 0 Å². The summed E-state index contributed by atoms with van der Waals surface area (Å²) in [5.74, 6) is 0. The first kappa shape index (κ1) is 8.20. The van der Waals surface area contributed by atoms with Crippen molar-refractivity contribution < 1.29 is 5.11 Å². The van der Waals surface area contributed by atoms with Crippen LogP contribution < -0.4 is 0 Å². The maximum absolute atomic E-state index is 9.10. The minimum atomic E-state index is 0.213. The van der Waals surface area contributed by atoms with E-state index >= 15 is 0 Å². The molecule has 1 aromatic rings. The summed E-state index contributed by atoms with van der Waals surface area (Å²) < 4.78 is 0. The van der Waals surface area contributed by atoms with E-state index in [4.69, 9.17) is 5.11 Å². The highest BCUT2D eigenvalue weighted by Gasteiger charge is 2.42. The lowest BCUT2D eigenvalue weighted by molar-refractivity contribution is 0.211. The second-order valence-corrected chi connectivity index (χ2v) is 4.66. The highest BCUT2D eigenvalue weighted by atomic mass is 32.1. The second-order valence-electron chi connectivity index (χ2n) is 3.72. The molecule has 2 rings (SSSR count). The van der Waals surface area contributed by atoms with Crippen molar-refractivity contribution in [3.63, 3.8) is 0 Å². The zero-order valence-corrected chi connectivity index (χ0v) is 8.02. The van der Waals surface area contributed by atoms with Crippen molar-refractivity contribution in [1.29, 1.82) is 0 Å². The number of aryl methyl sites for hydroxylation is 1. The second kappa shape index (κ2) is 2.82. The summed E-state index contributed by atoms with van der Waals surface area (Å²) in [5.41, 5.74) is 1.31. The lowest BCUT2D eigenvalue weighted by Crippen LogP contribution is -2.09. The standard InChI is InChI=1S/C9H13NOS/c1-7-5-12-8(10-7)4-9(6-11)2-3-9/h5,11H,2-4,6H2,1H3. The van der Waals surface area contributed by atoms with Crippen LogP contribution in [0.3, 0.4) is 0 Å². The number of thiazole rings is 1. The van der Waals surface area contributed by atoms with Gasteiger partial charge in [0.1, 0.15) is 0 Å². The van der Waals surface area contributed by atoms with Crippen molar-refractivity contribution in [3.8, 4) is 0 Å². The zero-order valence-electron chi connectivity index (χ0n) is 7.21. The first-order valence-electron chi connectivity index (χ1n) is 4.26. The maximum Gasteiger partial charge on any atom is 0.0934 e. The fourth-order valence-electron chi connectivity index (χ4n) is 1.37. The van der Waals surface area contributed by atoms with Crippen molar-refractivity contribution in [3.05, 3.63) is 16.1 Å². The molecule has 0 spiro atoms. The molecule has 0 aliphatic heterocycles. The van der Waals surface area contributed by atoms with E-state index in [0.29, 0.717) is 6.61 Å². The van der Waals surface area contributed by atoms with Crippen LogP contribution in [0.5, 0.6) is 0 Å². The highest BCUT2D eigenvalue weighted by molar-refractivity contribution is 7.09. The molecule has 1 aromatic heterocycles. The molecule has 1 fully saturated rings. The molecule has 2 nitrogen and oxygen atoms in total. The zero-order chi connectivity index (χ0) is 8.60. The van der Waals surface area contributed by atoms with Gasteiger partial charge in [-0.1, -0.05) is 0 Å². The van der Waals surface area contributed by atoms with E-state index in [-0.39, 0.29) is 5.41 Å². The summed E-state index contributed by atoms with van der Waals surface area (Å²) in [4.78, 5) is 4.39. The van der Waals surface area contributed by atoms with Gasteiger partial charge < -0.3 is 5.11 Å². The fourth-order valence-corrected chi connectivity index (χ4v) is 2.32. The topological polar surface area (TPSA) is 33.1 Å². The minimum Gasteiger partial charge on any atom is -0.396 e. The first-order chi connectivity index (χ1) is 5.74. The normalized spacial score (nSPS) is 19.5. The summed E-state index contributed by atoms with van der Waals surface area (Å²) >= 11 is 1.71. The number of nitrogens with zero attached hydrogens (tertiary/aromatic N) is 1. The van der Waals surface area contributed by atoms with Crippen LogP contribution in [0.1, 0.15) is 23.5 Å². The maximum atomic E-state index is 9.10. The lowest BCUT2D eigenvalue weighted by atomic mass is 10.1. The Morgan fingerprint density at radius 2 is 2.42 bits per heavy atom. The van der Waals surface area contributed by atoms with Gasteiger partial charge in [-0.05, 0) is 25.2 Å². The van der Waals surface area contributed by atoms with Crippen LogP contribution in [0.15, 0.2) is 5.38 Å². The monoisotopic (exact) mass is 183 g/mol. The molecule has 0 saturated heterocycles. The molecule has 1 aliphatic rings. The number of aliphatic hydroxyl groups is 1. The molecule has 1 N–H and O–H groups in total. The van der Waals surface area contributed by atoms with E-state index in [2.05, 4.69) is 10.4 Å². The largest absolute Gasteiger partial charge is 0.396 e. The molecule has 3 heteroatoms. The van der Waals surface area contributed by atoms with Gasteiger partial charge in [-0.3, -0.25) is 0 Å². The Morgan fingerprint density at radius 3 is 2.83 bits per heavy atom. The lowest BCUT2D eigenvalue weighted by Gasteiger charge is -2.07. The van der Waals surface area contributed by atoms with Gasteiger partial charge in [-0.25, -0.2) is 4.98 Å². The van der Waals surface area contributed by atoms with Crippen molar-refractivity contribution in [1.82, 2.24) is 4.98 Å². The number of hydrogen-bond donors (Lipinski definition) is 1. The van der Waals surface area contributed by atoms with Gasteiger partial charge in [0.2, 0.25) is 0 Å². The Kier molecular flexibility index (Phi) is 1.93. The van der Waals surface area contributed by atoms with Gasteiger partial charge in [-0.15, -0.1) is 11.3 Å². The predicted molar refractivity (Wildman–Crippen MR) is 49.3 cm³/mol. The Bertz CT molecular complexity index is 278. The van der Waals surface area contributed by atoms with Crippen LogP contribution in [0.25, 0.3) is 0 Å². The smallest absolute Gasteiger partial charge is 0.0934 e. The van der Waals surface area contributed by atoms with Crippen LogP contribution in [0, 0.1) is 12.3 Å². The molecule has 0 radical (unpaired) electrons. The van der Waals surface area contributed by atoms with E-state index in [9.17, 15) is 0 Å². The van der Waals surface area contributed by atoms with Crippen molar-refractivity contribution in [2.75, 3.05) is 6.61 Å². The average molecular weight is 183 g/mol. The summed E-state index contributed by atoms with van der Waals surface area (Å²) in [7, 11) is 0. The van der Waals surface area contributed by atoms with Crippen LogP contribution in [0.4, 0.5) is 0 Å². The molecule has 0 unspecified atom stereocenters. The summed E-state index contributed by atoms with van der Waals surface area (Å²) in [6.07, 6.45) is 3.31. The van der Waals surface area contributed by atoms with E-state index in [0.717, 1.165) is 12.1 Å². The van der Waals surface area contributed by atoms with Crippen molar-refractivity contribution >= 4 is 11.3 Å². The van der Waals surface area contributed by atoms with E-state index in [1.54, 1.807) is 11.3 Å². The third-order valence-electron chi connectivity index (χ3n) is 2.49. The first-order valence-corrected chi connectivity index (χ1v) is 5.14. The molecule has 0 amide bonds. The molecule has 0 atom stereocenters. The number of hydrogen-bond acceptors (Lipinski definition) is 3. The SMILES string of the molecule is Cc1csc(CC2(CO)CC2)n1. The molecule has 66 valence electrons. The third kappa shape index (κ3) is 1.52.